The second-order valence-corrected chi connectivity index (χ2v) is 5.61. The Labute approximate surface area is 116 Å². The average molecular weight is 279 g/mol. The summed E-state index contributed by atoms with van der Waals surface area (Å²) in [5.74, 6) is -0.407. The maximum atomic E-state index is 10.8. The van der Waals surface area contributed by atoms with Gasteiger partial charge in [-0.1, -0.05) is 6.07 Å². The van der Waals surface area contributed by atoms with E-state index in [1.54, 1.807) is 17.4 Å². The van der Waals surface area contributed by atoms with Crippen LogP contribution in [-0.2, 0) is 6.42 Å². The molecule has 4 nitrogen and oxygen atoms in total. The van der Waals surface area contributed by atoms with E-state index in [0.717, 1.165) is 6.42 Å². The molecule has 2 unspecified atom stereocenters. The first-order valence-electron chi connectivity index (χ1n) is 6.17. The third-order valence-electron chi connectivity index (χ3n) is 2.89. The monoisotopic (exact) mass is 279 g/mol. The fourth-order valence-electron chi connectivity index (χ4n) is 2.00. The molecule has 0 aliphatic rings. The highest BCUT2D eigenvalue weighted by Crippen LogP contribution is 2.18. The number of thiophene rings is 1. The topological polar surface area (TPSA) is 62.5 Å². The van der Waals surface area contributed by atoms with Crippen molar-refractivity contribution < 1.29 is 14.3 Å². The van der Waals surface area contributed by atoms with Crippen LogP contribution in [0.3, 0.4) is 0 Å². The zero-order chi connectivity index (χ0) is 13.8. The van der Waals surface area contributed by atoms with Crippen LogP contribution >= 0.6 is 11.3 Å². The molecule has 0 aliphatic heterocycles. The summed E-state index contributed by atoms with van der Waals surface area (Å²) >= 11 is 1.74. The standard InChI is InChI=1S/C14H17NO3S/c1-9(8-11-4-3-7-19-11)15-10(2)12-5-6-13(18-12)14(16)17/h3-7,9-10,15H,8H2,1-2H3,(H,16,17). The molecule has 2 atom stereocenters. The molecule has 0 aliphatic carbocycles. The van der Waals surface area contributed by atoms with Crippen molar-refractivity contribution in [1.29, 1.82) is 0 Å². The molecule has 0 fully saturated rings. The summed E-state index contributed by atoms with van der Waals surface area (Å²) in [7, 11) is 0. The summed E-state index contributed by atoms with van der Waals surface area (Å²) in [5, 5.41) is 14.3. The maximum absolute atomic E-state index is 10.8. The molecule has 2 rings (SSSR count). The van der Waals surface area contributed by atoms with E-state index in [-0.39, 0.29) is 11.8 Å². The van der Waals surface area contributed by atoms with E-state index >= 15 is 0 Å². The number of carboxylic acids is 1. The Kier molecular flexibility index (Phi) is 4.39. The number of rotatable bonds is 6. The second-order valence-electron chi connectivity index (χ2n) is 4.58. The van der Waals surface area contributed by atoms with Crippen LogP contribution in [-0.4, -0.2) is 17.1 Å². The molecule has 2 aromatic rings. The quantitative estimate of drug-likeness (QED) is 0.851. The van der Waals surface area contributed by atoms with E-state index in [1.807, 2.05) is 13.0 Å². The van der Waals surface area contributed by atoms with Crippen molar-refractivity contribution in [3.8, 4) is 0 Å². The van der Waals surface area contributed by atoms with Crippen molar-refractivity contribution >= 4 is 17.3 Å². The molecule has 0 radical (unpaired) electrons. The van der Waals surface area contributed by atoms with Gasteiger partial charge in [0.05, 0.1) is 6.04 Å². The van der Waals surface area contributed by atoms with E-state index in [1.165, 1.54) is 10.9 Å². The number of carbonyl (C=O) groups is 1. The summed E-state index contributed by atoms with van der Waals surface area (Å²) in [5.41, 5.74) is 0. The van der Waals surface area contributed by atoms with Crippen molar-refractivity contribution in [1.82, 2.24) is 5.32 Å². The highest BCUT2D eigenvalue weighted by Gasteiger charge is 2.16. The Hall–Kier alpha value is -1.59. The van der Waals surface area contributed by atoms with Crippen LogP contribution in [0.15, 0.2) is 34.1 Å². The predicted molar refractivity (Wildman–Crippen MR) is 74.7 cm³/mol. The first-order chi connectivity index (χ1) is 9.06. The van der Waals surface area contributed by atoms with Gasteiger partial charge in [0.2, 0.25) is 5.76 Å². The molecular formula is C14H17NO3S. The van der Waals surface area contributed by atoms with Gasteiger partial charge in [0.15, 0.2) is 0 Å². The van der Waals surface area contributed by atoms with Gasteiger partial charge in [-0.05, 0) is 43.8 Å². The molecule has 0 saturated heterocycles. The maximum Gasteiger partial charge on any atom is 0.371 e. The van der Waals surface area contributed by atoms with Crippen molar-refractivity contribution in [3.63, 3.8) is 0 Å². The van der Waals surface area contributed by atoms with E-state index in [0.29, 0.717) is 11.8 Å². The van der Waals surface area contributed by atoms with Gasteiger partial charge in [-0.3, -0.25) is 0 Å². The van der Waals surface area contributed by atoms with Gasteiger partial charge in [0, 0.05) is 10.9 Å². The number of hydrogen-bond acceptors (Lipinski definition) is 4. The third kappa shape index (κ3) is 3.68. The highest BCUT2D eigenvalue weighted by atomic mass is 32.1. The zero-order valence-corrected chi connectivity index (χ0v) is 11.7. The molecule has 2 N–H and O–H groups in total. The van der Waals surface area contributed by atoms with Crippen LogP contribution < -0.4 is 5.32 Å². The summed E-state index contributed by atoms with van der Waals surface area (Å²) in [4.78, 5) is 12.1. The van der Waals surface area contributed by atoms with Gasteiger partial charge in [-0.25, -0.2) is 4.79 Å². The van der Waals surface area contributed by atoms with E-state index < -0.39 is 5.97 Å². The lowest BCUT2D eigenvalue weighted by Crippen LogP contribution is -2.30. The smallest absolute Gasteiger partial charge is 0.371 e. The lowest BCUT2D eigenvalue weighted by atomic mass is 10.1. The van der Waals surface area contributed by atoms with Crippen molar-refractivity contribution in [2.75, 3.05) is 0 Å². The fourth-order valence-corrected chi connectivity index (χ4v) is 2.83. The molecule has 0 amide bonds. The molecule has 0 spiro atoms. The van der Waals surface area contributed by atoms with Gasteiger partial charge >= 0.3 is 5.97 Å². The van der Waals surface area contributed by atoms with Crippen molar-refractivity contribution in [2.24, 2.45) is 0 Å². The van der Waals surface area contributed by atoms with E-state index in [9.17, 15) is 4.79 Å². The van der Waals surface area contributed by atoms with Crippen LogP contribution in [0.5, 0.6) is 0 Å². The lowest BCUT2D eigenvalue weighted by molar-refractivity contribution is 0.0659. The second kappa shape index (κ2) is 6.04. The molecule has 0 bridgehead atoms. The Morgan fingerprint density at radius 2 is 2.21 bits per heavy atom. The van der Waals surface area contributed by atoms with Gasteiger partial charge in [0.25, 0.3) is 0 Å². The first-order valence-corrected chi connectivity index (χ1v) is 7.05. The molecule has 102 valence electrons. The molecule has 2 heterocycles. The van der Waals surface area contributed by atoms with E-state index in [4.69, 9.17) is 9.52 Å². The number of nitrogens with one attached hydrogen (secondary N) is 1. The molecule has 5 heteroatoms. The Morgan fingerprint density at radius 1 is 1.42 bits per heavy atom. The summed E-state index contributed by atoms with van der Waals surface area (Å²) in [6.45, 7) is 4.08. The van der Waals surface area contributed by atoms with Gasteiger partial charge in [-0.2, -0.15) is 0 Å². The van der Waals surface area contributed by atoms with Crippen LogP contribution in [0.2, 0.25) is 0 Å². The molecular weight excluding hydrogens is 262 g/mol. The minimum absolute atomic E-state index is 0.0111. The minimum atomic E-state index is -1.04. The highest BCUT2D eigenvalue weighted by molar-refractivity contribution is 7.09. The van der Waals surface area contributed by atoms with Crippen LogP contribution in [0.25, 0.3) is 0 Å². The fraction of sp³-hybridized carbons (Fsp3) is 0.357. The van der Waals surface area contributed by atoms with Crippen molar-refractivity contribution in [2.45, 2.75) is 32.4 Å². The predicted octanol–water partition coefficient (Wildman–Crippen LogP) is 3.32. The Morgan fingerprint density at radius 3 is 2.79 bits per heavy atom. The van der Waals surface area contributed by atoms with Crippen molar-refractivity contribution in [3.05, 3.63) is 46.0 Å². The normalized spacial score (nSPS) is 14.2. The minimum Gasteiger partial charge on any atom is -0.475 e. The molecule has 19 heavy (non-hydrogen) atoms. The van der Waals surface area contributed by atoms with Gasteiger partial charge in [-0.15, -0.1) is 11.3 Å². The summed E-state index contributed by atoms with van der Waals surface area (Å²) in [6.07, 6.45) is 0.953. The Bertz CT molecular complexity index is 533. The first kappa shape index (κ1) is 13.8. The van der Waals surface area contributed by atoms with Crippen LogP contribution in [0, 0.1) is 0 Å². The van der Waals surface area contributed by atoms with Gasteiger partial charge < -0.3 is 14.8 Å². The SMILES string of the molecule is CC(Cc1cccs1)NC(C)c1ccc(C(=O)O)o1. The number of furan rings is 1. The summed E-state index contributed by atoms with van der Waals surface area (Å²) < 4.78 is 5.28. The largest absolute Gasteiger partial charge is 0.475 e. The summed E-state index contributed by atoms with van der Waals surface area (Å²) in [6, 6.07) is 7.64. The van der Waals surface area contributed by atoms with Crippen LogP contribution in [0.4, 0.5) is 0 Å². The average Bonchev–Trinajstić information content (AvgIpc) is 2.98. The zero-order valence-electron chi connectivity index (χ0n) is 10.9. The van der Waals surface area contributed by atoms with Crippen LogP contribution in [0.1, 0.15) is 41.1 Å². The number of hydrogen-bond donors (Lipinski definition) is 2. The van der Waals surface area contributed by atoms with Gasteiger partial charge in [0.1, 0.15) is 5.76 Å². The molecule has 2 aromatic heterocycles. The molecule has 0 saturated carbocycles. The lowest BCUT2D eigenvalue weighted by Gasteiger charge is -2.17. The number of aromatic carboxylic acids is 1. The number of carboxylic acid groups (broad SMARTS) is 1. The van der Waals surface area contributed by atoms with E-state index in [2.05, 4.69) is 23.7 Å². The third-order valence-corrected chi connectivity index (χ3v) is 3.79. The molecule has 0 aromatic carbocycles. The Balaban J connectivity index is 1.92.